The maximum absolute atomic E-state index is 12.0. The van der Waals surface area contributed by atoms with Crippen LogP contribution in [0.25, 0.3) is 0 Å². The summed E-state index contributed by atoms with van der Waals surface area (Å²) >= 11 is -3.11. The fourth-order valence-electron chi connectivity index (χ4n) is 6.17. The Labute approximate surface area is 356 Å². The zero-order valence-electron chi connectivity index (χ0n) is 35.4. The molecule has 0 saturated carbocycles. The Morgan fingerprint density at radius 2 is 1.05 bits per heavy atom. The number of carbonyl (C=O) groups excluding carboxylic acids is 1. The van der Waals surface area contributed by atoms with Crippen LogP contribution in [0.1, 0.15) is 179 Å². The van der Waals surface area contributed by atoms with E-state index in [1.54, 1.807) is 0 Å². The van der Waals surface area contributed by atoms with Crippen LogP contribution in [0.2, 0.25) is 0 Å². The molecule has 0 amide bonds. The van der Waals surface area contributed by atoms with E-state index in [1.807, 2.05) is 6.08 Å². The van der Waals surface area contributed by atoms with Gasteiger partial charge in [0.25, 0.3) is 0 Å². The fourth-order valence-corrected chi connectivity index (χ4v) is 6.17. The first-order valence-electron chi connectivity index (χ1n) is 20.2. The van der Waals surface area contributed by atoms with Crippen LogP contribution in [0.5, 0.6) is 0 Å². The summed E-state index contributed by atoms with van der Waals surface area (Å²) in [5.74, 6) is 2.14. The van der Waals surface area contributed by atoms with Gasteiger partial charge in [-0.3, -0.25) is 9.79 Å². The molecular weight excluding hydrogens is 801 g/mol. The number of Topliss-reactive ketones (excluding diaryl/α,β-unsaturated/α-hetero) is 1. The third-order valence-corrected chi connectivity index (χ3v) is 9.17. The number of hydrogen-bond acceptors (Lipinski definition) is 5. The number of halogens is 4. The molecule has 2 aromatic carbocycles. The van der Waals surface area contributed by atoms with Crippen LogP contribution in [0.15, 0.2) is 64.9 Å². The Balaban J connectivity index is 0.000000846. The molecule has 2 aliphatic carbocycles. The zero-order valence-corrected chi connectivity index (χ0v) is 40.0. The molecular formula is C44H70BCl4N4OTi. The van der Waals surface area contributed by atoms with Gasteiger partial charge in [0.05, 0.1) is 17.1 Å². The average Bonchev–Trinajstić information content (AvgIpc) is 3.10. The number of nitrogens with two attached hydrogens (primary N) is 1. The first kappa shape index (κ1) is 53.8. The van der Waals surface area contributed by atoms with Crippen LogP contribution in [-0.4, -0.2) is 33.0 Å². The number of para-hydroxylation sites is 2. The van der Waals surface area contributed by atoms with Crippen LogP contribution in [0.4, 0.5) is 11.4 Å². The number of ketones is 1. The van der Waals surface area contributed by atoms with Gasteiger partial charge in [0.15, 0.2) is 5.78 Å². The summed E-state index contributed by atoms with van der Waals surface area (Å²) in [4.78, 5) is 16.9. The van der Waals surface area contributed by atoms with Gasteiger partial charge in [0.1, 0.15) is 0 Å². The third-order valence-electron chi connectivity index (χ3n) is 9.17. The standard InChI is InChI=1S/C22H34N2.C18H25NO.C4H11N.B.4ClH.Ti/c1-6-7-15-23-20-13-8-9-14-21(20)24-22-18(16(2)3)11-10-12-19(22)17(4)5;1-12(2)14-8-7-9-15(13(3)4)18(14)19-16-10-5-6-11-17(16)20;1-2-3-4-5;;;;;;/h10-12,14,16-17,24H,6-9,13,15H2,1-5H3;7-10,12-13,19H,5-6,11H2,1-4H3;2-5H2,1H3;;4*1H;/q;;;;;;;;+4/p-4. The number of rotatable bonds is 13. The number of anilines is 2. The second-order valence-corrected chi connectivity index (χ2v) is 30.7. The molecule has 5 nitrogen and oxygen atoms in total. The summed E-state index contributed by atoms with van der Waals surface area (Å²) in [6.07, 6.45) is 15.3. The number of aliphatic imine (C=N–C) groups is 1. The quantitative estimate of drug-likeness (QED) is 0.138. The van der Waals surface area contributed by atoms with Crippen molar-refractivity contribution in [1.82, 2.24) is 0 Å². The number of allylic oxidation sites excluding steroid dienone is 4. The molecule has 11 heteroatoms. The molecule has 4 N–H and O–H groups in total. The SMILES string of the molecule is CC(C)c1cccc(C(C)C)c1NC1=CCCCC1=O.CCCCN.CCCCN=C1CCCC=C1Nc1c(C(C)C)cccc1C(C)C.[B].[Cl][Ti]([Cl])([Cl])[Cl]. The zero-order chi connectivity index (χ0) is 40.8. The minimum absolute atomic E-state index is 0. The summed E-state index contributed by atoms with van der Waals surface area (Å²) in [5.41, 5.74) is 16.3. The first-order valence-corrected chi connectivity index (χ1v) is 28.8. The summed E-state index contributed by atoms with van der Waals surface area (Å²) in [5, 5.41) is 7.23. The second kappa shape index (κ2) is 29.0. The number of nitrogens with one attached hydrogen (secondary N) is 2. The predicted octanol–water partition coefficient (Wildman–Crippen LogP) is 14.8. The molecule has 3 radical (unpaired) electrons. The van der Waals surface area contributed by atoms with Gasteiger partial charge in [0, 0.05) is 32.8 Å². The monoisotopic (exact) mass is 869 g/mol. The molecule has 0 atom stereocenters. The van der Waals surface area contributed by atoms with E-state index in [4.69, 9.17) is 47.9 Å². The molecule has 307 valence electrons. The number of unbranched alkanes of at least 4 members (excludes halogenated alkanes) is 2. The molecule has 0 unspecified atom stereocenters. The van der Waals surface area contributed by atoms with Gasteiger partial charge < -0.3 is 16.4 Å². The molecule has 0 aromatic heterocycles. The van der Waals surface area contributed by atoms with Gasteiger partial charge in [-0.15, -0.1) is 0 Å². The molecule has 0 heterocycles. The molecule has 0 spiro atoms. The summed E-state index contributed by atoms with van der Waals surface area (Å²) < 4.78 is 0. The Kier molecular flexibility index (Phi) is 28.4. The van der Waals surface area contributed by atoms with Gasteiger partial charge in [-0.1, -0.05) is 131 Å². The predicted molar refractivity (Wildman–Crippen MR) is 246 cm³/mol. The normalized spacial score (nSPS) is 14.9. The number of hydrogen-bond donors (Lipinski definition) is 3. The van der Waals surface area contributed by atoms with Crippen molar-refractivity contribution in [2.75, 3.05) is 23.7 Å². The molecule has 0 fully saturated rings. The van der Waals surface area contributed by atoms with Crippen LogP contribution >= 0.6 is 37.2 Å². The van der Waals surface area contributed by atoms with Crippen molar-refractivity contribution in [2.45, 2.75) is 157 Å². The fraction of sp³-hybridized carbons (Fsp3) is 0.591. The Morgan fingerprint density at radius 3 is 1.40 bits per heavy atom. The molecule has 4 rings (SSSR count). The van der Waals surface area contributed by atoms with E-state index in [2.05, 4.69) is 122 Å². The Morgan fingerprint density at radius 1 is 0.673 bits per heavy atom. The molecule has 0 bridgehead atoms. The van der Waals surface area contributed by atoms with Crippen molar-refractivity contribution in [1.29, 1.82) is 0 Å². The molecule has 0 aliphatic heterocycles. The molecule has 0 saturated heterocycles. The van der Waals surface area contributed by atoms with Gasteiger partial charge >= 0.3 is 49.6 Å². The van der Waals surface area contributed by atoms with Crippen molar-refractivity contribution < 1.29 is 17.1 Å². The summed E-state index contributed by atoms with van der Waals surface area (Å²) in [6.45, 7) is 24.0. The topological polar surface area (TPSA) is 79.5 Å². The average molecular weight is 872 g/mol. The van der Waals surface area contributed by atoms with Gasteiger partial charge in [-0.05, 0) is 97.4 Å². The van der Waals surface area contributed by atoms with Crippen molar-refractivity contribution in [2.24, 2.45) is 10.7 Å². The maximum atomic E-state index is 12.0. The van der Waals surface area contributed by atoms with Crippen molar-refractivity contribution in [3.05, 3.63) is 82.2 Å². The Hall–Kier alpha value is -1.24. The van der Waals surface area contributed by atoms with Crippen molar-refractivity contribution in [3.8, 4) is 0 Å². The van der Waals surface area contributed by atoms with E-state index in [0.717, 1.165) is 50.2 Å². The van der Waals surface area contributed by atoms with E-state index in [9.17, 15) is 4.79 Å². The summed E-state index contributed by atoms with van der Waals surface area (Å²) in [7, 11) is 20.1. The molecule has 2 aliphatic rings. The molecule has 55 heavy (non-hydrogen) atoms. The van der Waals surface area contributed by atoms with E-state index < -0.39 is 12.3 Å². The number of benzene rings is 2. The third kappa shape index (κ3) is 21.4. The van der Waals surface area contributed by atoms with Gasteiger partial charge in [-0.2, -0.15) is 0 Å². The van der Waals surface area contributed by atoms with Gasteiger partial charge in [-0.25, -0.2) is 0 Å². The van der Waals surface area contributed by atoms with Gasteiger partial charge in [0.2, 0.25) is 0 Å². The first-order chi connectivity index (χ1) is 25.5. The number of nitrogens with zero attached hydrogens (tertiary/aromatic N) is 1. The van der Waals surface area contributed by atoms with E-state index in [-0.39, 0.29) is 14.2 Å². The van der Waals surface area contributed by atoms with E-state index in [0.29, 0.717) is 30.1 Å². The van der Waals surface area contributed by atoms with Crippen LogP contribution in [0.3, 0.4) is 0 Å². The van der Waals surface area contributed by atoms with E-state index in [1.165, 1.54) is 71.5 Å². The van der Waals surface area contributed by atoms with Crippen LogP contribution < -0.4 is 16.4 Å². The van der Waals surface area contributed by atoms with Crippen LogP contribution in [-0.2, 0) is 17.1 Å². The second-order valence-electron chi connectivity index (χ2n) is 15.2. The van der Waals surface area contributed by atoms with Crippen molar-refractivity contribution >= 4 is 68.5 Å². The van der Waals surface area contributed by atoms with E-state index >= 15 is 0 Å². The van der Waals surface area contributed by atoms with Crippen LogP contribution in [0, 0.1) is 0 Å². The number of carbonyl (C=O) groups is 1. The van der Waals surface area contributed by atoms with Crippen molar-refractivity contribution in [3.63, 3.8) is 0 Å². The summed E-state index contributed by atoms with van der Waals surface area (Å²) in [6, 6.07) is 13.2. The minimum atomic E-state index is -3.11. The Bertz CT molecular complexity index is 1440. The molecule has 2 aromatic rings.